The van der Waals surface area contributed by atoms with Crippen molar-refractivity contribution in [1.29, 1.82) is 0 Å². The lowest BCUT2D eigenvalue weighted by Crippen LogP contribution is -2.02. The Morgan fingerprint density at radius 2 is 2.31 bits per heavy atom. The Morgan fingerprint density at radius 3 is 3.15 bits per heavy atom. The van der Waals surface area contributed by atoms with Crippen LogP contribution in [0.2, 0.25) is 0 Å². The highest BCUT2D eigenvalue weighted by Gasteiger charge is 2.17. The fourth-order valence-electron chi connectivity index (χ4n) is 1.32. The zero-order chi connectivity index (χ0) is 9.26. The van der Waals surface area contributed by atoms with Crippen molar-refractivity contribution in [3.63, 3.8) is 0 Å². The molecular formula is C9H8BrNO2. The van der Waals surface area contributed by atoms with Gasteiger partial charge in [-0.3, -0.25) is 9.78 Å². The summed E-state index contributed by atoms with van der Waals surface area (Å²) in [5, 5.41) is 0. The van der Waals surface area contributed by atoms with E-state index in [0.29, 0.717) is 25.2 Å². The van der Waals surface area contributed by atoms with Crippen LogP contribution in [0.5, 0.6) is 0 Å². The van der Waals surface area contributed by atoms with Crippen molar-refractivity contribution in [3.8, 4) is 0 Å². The van der Waals surface area contributed by atoms with Crippen molar-refractivity contribution < 1.29 is 9.53 Å². The summed E-state index contributed by atoms with van der Waals surface area (Å²) in [7, 11) is 0. The molecule has 0 N–H and O–H groups in total. The van der Waals surface area contributed by atoms with Crippen LogP contribution < -0.4 is 0 Å². The lowest BCUT2D eigenvalue weighted by atomic mass is 10.1. The molecule has 13 heavy (non-hydrogen) atoms. The summed E-state index contributed by atoms with van der Waals surface area (Å²) < 4.78 is 6.14. The lowest BCUT2D eigenvalue weighted by molar-refractivity contribution is 0.0898. The first kappa shape index (κ1) is 8.84. The standard InChI is InChI=1S/C9H8BrNO2/c10-8-4-11-3-6-7(8)5-13-2-1-9(6)12/h3-4H,1-2,5H2. The minimum Gasteiger partial charge on any atom is -0.376 e. The number of carbonyl (C=O) groups is 1. The molecule has 0 atom stereocenters. The Labute approximate surface area is 84.2 Å². The zero-order valence-corrected chi connectivity index (χ0v) is 8.50. The molecule has 0 aliphatic carbocycles. The predicted octanol–water partition coefficient (Wildman–Crippen LogP) is 1.95. The number of carbonyl (C=O) groups excluding carboxylic acids is 1. The van der Waals surface area contributed by atoms with E-state index in [1.807, 2.05) is 0 Å². The van der Waals surface area contributed by atoms with Gasteiger partial charge in [-0.05, 0) is 15.9 Å². The molecule has 0 radical (unpaired) electrons. The number of ether oxygens (including phenoxy) is 1. The number of ketones is 1. The summed E-state index contributed by atoms with van der Waals surface area (Å²) in [5.41, 5.74) is 1.60. The second kappa shape index (κ2) is 3.55. The average Bonchev–Trinajstić information content (AvgIpc) is 2.30. The molecule has 0 aromatic carbocycles. The molecule has 0 fully saturated rings. The fraction of sp³-hybridized carbons (Fsp3) is 0.333. The molecule has 4 heteroatoms. The lowest BCUT2D eigenvalue weighted by Gasteiger charge is -2.04. The van der Waals surface area contributed by atoms with E-state index < -0.39 is 0 Å². The monoisotopic (exact) mass is 241 g/mol. The number of halogens is 1. The topological polar surface area (TPSA) is 39.2 Å². The predicted molar refractivity (Wildman–Crippen MR) is 50.5 cm³/mol. The molecule has 3 nitrogen and oxygen atoms in total. The normalized spacial score (nSPS) is 16.5. The maximum atomic E-state index is 11.5. The highest BCUT2D eigenvalue weighted by Crippen LogP contribution is 2.23. The smallest absolute Gasteiger partial charge is 0.167 e. The van der Waals surface area contributed by atoms with Gasteiger partial charge in [0, 0.05) is 34.4 Å². The highest BCUT2D eigenvalue weighted by molar-refractivity contribution is 9.10. The largest absolute Gasteiger partial charge is 0.376 e. The molecule has 0 spiro atoms. The van der Waals surface area contributed by atoms with Gasteiger partial charge in [0.25, 0.3) is 0 Å². The number of hydrogen-bond donors (Lipinski definition) is 0. The van der Waals surface area contributed by atoms with E-state index in [2.05, 4.69) is 20.9 Å². The summed E-state index contributed by atoms with van der Waals surface area (Å²) in [6.07, 6.45) is 3.74. The van der Waals surface area contributed by atoms with Crippen LogP contribution in [0.1, 0.15) is 22.3 Å². The van der Waals surface area contributed by atoms with E-state index in [4.69, 9.17) is 4.74 Å². The van der Waals surface area contributed by atoms with Crippen LogP contribution >= 0.6 is 15.9 Å². The Morgan fingerprint density at radius 1 is 1.46 bits per heavy atom. The molecule has 1 aromatic heterocycles. The second-order valence-electron chi connectivity index (χ2n) is 2.87. The first-order valence-corrected chi connectivity index (χ1v) is 4.81. The number of aromatic nitrogens is 1. The minimum absolute atomic E-state index is 0.112. The van der Waals surface area contributed by atoms with Crippen LogP contribution in [0, 0.1) is 0 Å². The van der Waals surface area contributed by atoms with Crippen molar-refractivity contribution >= 4 is 21.7 Å². The molecule has 0 saturated carbocycles. The van der Waals surface area contributed by atoms with Crippen LogP contribution in [0.3, 0.4) is 0 Å². The van der Waals surface area contributed by atoms with E-state index in [1.165, 1.54) is 0 Å². The molecule has 0 unspecified atom stereocenters. The average molecular weight is 242 g/mol. The Balaban J connectivity index is 2.54. The maximum absolute atomic E-state index is 11.5. The number of nitrogens with zero attached hydrogens (tertiary/aromatic N) is 1. The van der Waals surface area contributed by atoms with E-state index >= 15 is 0 Å². The summed E-state index contributed by atoms with van der Waals surface area (Å²) in [6, 6.07) is 0. The van der Waals surface area contributed by atoms with E-state index in [1.54, 1.807) is 12.4 Å². The molecule has 1 aliphatic heterocycles. The van der Waals surface area contributed by atoms with Gasteiger partial charge in [-0.15, -0.1) is 0 Å². The molecule has 0 amide bonds. The second-order valence-corrected chi connectivity index (χ2v) is 3.73. The van der Waals surface area contributed by atoms with Crippen LogP contribution in [-0.4, -0.2) is 17.4 Å². The van der Waals surface area contributed by atoms with Crippen molar-refractivity contribution in [2.45, 2.75) is 13.0 Å². The van der Waals surface area contributed by atoms with Gasteiger partial charge in [0.05, 0.1) is 13.2 Å². The van der Waals surface area contributed by atoms with E-state index in [9.17, 15) is 4.79 Å². The molecule has 0 saturated heterocycles. The summed E-state index contributed by atoms with van der Waals surface area (Å²) in [4.78, 5) is 15.5. The van der Waals surface area contributed by atoms with Gasteiger partial charge in [-0.25, -0.2) is 0 Å². The number of pyridine rings is 1. The molecule has 1 aromatic rings. The number of Topliss-reactive ketones (excluding diaryl/α,β-unsaturated/α-hetero) is 1. The number of fused-ring (bicyclic) bond motifs is 1. The molecule has 1 aliphatic rings. The van der Waals surface area contributed by atoms with Crippen LogP contribution in [0.4, 0.5) is 0 Å². The number of rotatable bonds is 0. The first-order valence-electron chi connectivity index (χ1n) is 4.02. The van der Waals surface area contributed by atoms with Crippen molar-refractivity contribution in [3.05, 3.63) is 28.0 Å². The molecule has 2 heterocycles. The molecule has 0 bridgehead atoms. The van der Waals surface area contributed by atoms with Gasteiger partial charge in [-0.1, -0.05) is 0 Å². The SMILES string of the molecule is O=C1CCOCc2c(Br)cncc21. The Kier molecular flexibility index (Phi) is 2.42. The van der Waals surface area contributed by atoms with Gasteiger partial charge in [-0.2, -0.15) is 0 Å². The van der Waals surface area contributed by atoms with Crippen molar-refractivity contribution in [1.82, 2.24) is 4.98 Å². The number of hydrogen-bond acceptors (Lipinski definition) is 3. The maximum Gasteiger partial charge on any atom is 0.167 e. The zero-order valence-electron chi connectivity index (χ0n) is 6.92. The van der Waals surface area contributed by atoms with Gasteiger partial charge < -0.3 is 4.74 Å². The highest BCUT2D eigenvalue weighted by atomic mass is 79.9. The quantitative estimate of drug-likeness (QED) is 0.697. The molecule has 2 rings (SSSR count). The van der Waals surface area contributed by atoms with Crippen LogP contribution in [0.25, 0.3) is 0 Å². The fourth-order valence-corrected chi connectivity index (χ4v) is 1.77. The molecule has 68 valence electrons. The van der Waals surface area contributed by atoms with Crippen LogP contribution in [-0.2, 0) is 11.3 Å². The summed E-state index contributed by atoms with van der Waals surface area (Å²) in [5.74, 6) is 0.112. The van der Waals surface area contributed by atoms with Gasteiger partial charge >= 0.3 is 0 Å². The van der Waals surface area contributed by atoms with E-state index in [0.717, 1.165) is 10.0 Å². The van der Waals surface area contributed by atoms with Crippen molar-refractivity contribution in [2.24, 2.45) is 0 Å². The minimum atomic E-state index is 0.112. The Hall–Kier alpha value is -0.740. The third-order valence-electron chi connectivity index (χ3n) is 2.03. The third-order valence-corrected chi connectivity index (χ3v) is 2.71. The molecular weight excluding hydrogens is 234 g/mol. The summed E-state index contributed by atoms with van der Waals surface area (Å²) in [6.45, 7) is 0.990. The first-order chi connectivity index (χ1) is 6.29. The van der Waals surface area contributed by atoms with Gasteiger partial charge in [0.1, 0.15) is 0 Å². The third kappa shape index (κ3) is 1.64. The van der Waals surface area contributed by atoms with Crippen LogP contribution in [0.15, 0.2) is 16.9 Å². The van der Waals surface area contributed by atoms with Crippen molar-refractivity contribution in [2.75, 3.05) is 6.61 Å². The Bertz CT molecular complexity index is 351. The van der Waals surface area contributed by atoms with Gasteiger partial charge in [0.2, 0.25) is 0 Å². The summed E-state index contributed by atoms with van der Waals surface area (Å²) >= 11 is 3.35. The van der Waals surface area contributed by atoms with E-state index in [-0.39, 0.29) is 5.78 Å². The van der Waals surface area contributed by atoms with Gasteiger partial charge in [0.15, 0.2) is 5.78 Å².